The van der Waals surface area contributed by atoms with E-state index >= 15 is 0 Å². The molecule has 0 aliphatic rings. The van der Waals surface area contributed by atoms with Crippen LogP contribution in [0.2, 0.25) is 0 Å². The lowest BCUT2D eigenvalue weighted by molar-refractivity contribution is 0.524. The molecule has 1 N–H and O–H groups in total. The molecule has 0 aliphatic carbocycles. The van der Waals surface area contributed by atoms with Crippen LogP contribution in [-0.2, 0) is 12.8 Å². The minimum Gasteiger partial charge on any atom is -0.310 e. The molecule has 2 aromatic rings. The zero-order valence-corrected chi connectivity index (χ0v) is 14.4. The van der Waals surface area contributed by atoms with Gasteiger partial charge in [-0.2, -0.15) is 0 Å². The summed E-state index contributed by atoms with van der Waals surface area (Å²) in [4.78, 5) is 4.50. The largest absolute Gasteiger partial charge is 0.310 e. The van der Waals surface area contributed by atoms with Crippen molar-refractivity contribution in [3.05, 3.63) is 63.9 Å². The maximum Gasteiger partial charge on any atom is 0.0423 e. The van der Waals surface area contributed by atoms with E-state index in [4.69, 9.17) is 0 Å². The van der Waals surface area contributed by atoms with Gasteiger partial charge in [-0.25, -0.2) is 0 Å². The molecule has 1 heterocycles. The first-order chi connectivity index (χ1) is 10.2. The van der Waals surface area contributed by atoms with E-state index in [2.05, 4.69) is 76.5 Å². The zero-order chi connectivity index (χ0) is 15.1. The van der Waals surface area contributed by atoms with Gasteiger partial charge in [-0.15, -0.1) is 0 Å². The number of hydrogen-bond acceptors (Lipinski definition) is 2. The highest BCUT2D eigenvalue weighted by atomic mass is 79.9. The van der Waals surface area contributed by atoms with Crippen molar-refractivity contribution in [1.29, 1.82) is 0 Å². The van der Waals surface area contributed by atoms with Crippen LogP contribution in [0, 0.1) is 0 Å². The van der Waals surface area contributed by atoms with Gasteiger partial charge < -0.3 is 5.32 Å². The third kappa shape index (κ3) is 4.94. The minimum absolute atomic E-state index is 0.324. The zero-order valence-electron chi connectivity index (χ0n) is 12.8. The second-order valence-electron chi connectivity index (χ2n) is 5.27. The van der Waals surface area contributed by atoms with Crippen molar-refractivity contribution in [2.45, 2.75) is 39.2 Å². The van der Waals surface area contributed by atoms with E-state index in [9.17, 15) is 0 Å². The predicted octanol–water partition coefficient (Wildman–Crippen LogP) is 4.69. The molecule has 1 aromatic carbocycles. The van der Waals surface area contributed by atoms with Gasteiger partial charge in [-0.3, -0.25) is 4.98 Å². The summed E-state index contributed by atoms with van der Waals surface area (Å²) in [5.74, 6) is 0. The Kier molecular flexibility index (Phi) is 6.40. The lowest BCUT2D eigenvalue weighted by Crippen LogP contribution is -2.24. The molecule has 0 saturated heterocycles. The fraction of sp³-hybridized carbons (Fsp3) is 0.389. The van der Waals surface area contributed by atoms with Gasteiger partial charge in [0.15, 0.2) is 0 Å². The summed E-state index contributed by atoms with van der Waals surface area (Å²) in [7, 11) is 0. The third-order valence-electron chi connectivity index (χ3n) is 3.63. The smallest absolute Gasteiger partial charge is 0.0423 e. The van der Waals surface area contributed by atoms with E-state index in [1.165, 1.54) is 11.1 Å². The fourth-order valence-corrected chi connectivity index (χ4v) is 2.58. The maximum atomic E-state index is 4.50. The molecule has 0 saturated carbocycles. The molecular weight excluding hydrogens is 324 g/mol. The van der Waals surface area contributed by atoms with E-state index in [1.807, 2.05) is 6.20 Å². The summed E-state index contributed by atoms with van der Waals surface area (Å²) in [5, 5.41) is 3.63. The van der Waals surface area contributed by atoms with Crippen LogP contribution in [0.25, 0.3) is 0 Å². The van der Waals surface area contributed by atoms with Gasteiger partial charge in [-0.1, -0.05) is 38.1 Å². The fourth-order valence-electron chi connectivity index (χ4n) is 2.35. The van der Waals surface area contributed by atoms with Crippen molar-refractivity contribution in [2.75, 3.05) is 6.54 Å². The van der Waals surface area contributed by atoms with E-state index in [1.54, 1.807) is 0 Å². The van der Waals surface area contributed by atoms with Crippen molar-refractivity contribution >= 4 is 15.9 Å². The molecule has 0 fully saturated rings. The topological polar surface area (TPSA) is 24.9 Å². The number of nitrogens with one attached hydrogen (secondary N) is 1. The number of rotatable bonds is 7. The second kappa shape index (κ2) is 8.30. The lowest BCUT2D eigenvalue weighted by Gasteiger charge is -2.19. The summed E-state index contributed by atoms with van der Waals surface area (Å²) in [5.41, 5.74) is 3.84. The lowest BCUT2D eigenvalue weighted by atomic mass is 9.99. The normalized spacial score (nSPS) is 12.3. The molecule has 0 aliphatic heterocycles. The average Bonchev–Trinajstić information content (AvgIpc) is 2.53. The van der Waals surface area contributed by atoms with Crippen LogP contribution >= 0.6 is 15.9 Å². The molecule has 0 bridgehead atoms. The van der Waals surface area contributed by atoms with Gasteiger partial charge in [0.2, 0.25) is 0 Å². The Bertz CT molecular complexity index is 534. The molecule has 2 rings (SSSR count). The van der Waals surface area contributed by atoms with Gasteiger partial charge in [-0.05, 0) is 58.6 Å². The summed E-state index contributed by atoms with van der Waals surface area (Å²) < 4.78 is 1.02. The number of halogens is 1. The highest BCUT2D eigenvalue weighted by Gasteiger charge is 2.12. The quantitative estimate of drug-likeness (QED) is 0.786. The van der Waals surface area contributed by atoms with Crippen molar-refractivity contribution < 1.29 is 0 Å². The van der Waals surface area contributed by atoms with Crippen molar-refractivity contribution in [1.82, 2.24) is 10.3 Å². The third-order valence-corrected chi connectivity index (χ3v) is 4.10. The summed E-state index contributed by atoms with van der Waals surface area (Å²) in [6.07, 6.45) is 5.00. The Morgan fingerprint density at radius 2 is 1.86 bits per heavy atom. The summed E-state index contributed by atoms with van der Waals surface area (Å²) in [6, 6.07) is 13.4. The van der Waals surface area contributed by atoms with Crippen LogP contribution in [0.15, 0.2) is 47.1 Å². The van der Waals surface area contributed by atoms with Crippen LogP contribution in [0.1, 0.15) is 43.1 Å². The molecule has 2 nitrogen and oxygen atoms in total. The van der Waals surface area contributed by atoms with E-state index in [-0.39, 0.29) is 0 Å². The Balaban J connectivity index is 2.14. The van der Waals surface area contributed by atoms with Crippen LogP contribution in [0.5, 0.6) is 0 Å². The number of benzene rings is 1. The van der Waals surface area contributed by atoms with Crippen molar-refractivity contribution in [3.63, 3.8) is 0 Å². The van der Waals surface area contributed by atoms with Gasteiger partial charge in [0.05, 0.1) is 0 Å². The maximum absolute atomic E-state index is 4.50. The van der Waals surface area contributed by atoms with Gasteiger partial charge >= 0.3 is 0 Å². The number of nitrogens with zero attached hydrogens (tertiary/aromatic N) is 1. The first kappa shape index (κ1) is 16.2. The number of aryl methyl sites for hydroxylation is 1. The van der Waals surface area contributed by atoms with E-state index in [0.717, 1.165) is 36.0 Å². The highest BCUT2D eigenvalue weighted by Crippen LogP contribution is 2.19. The molecule has 21 heavy (non-hydrogen) atoms. The van der Waals surface area contributed by atoms with E-state index < -0.39 is 0 Å². The Hall–Kier alpha value is -1.19. The molecule has 3 heteroatoms. The second-order valence-corrected chi connectivity index (χ2v) is 6.19. The first-order valence-corrected chi connectivity index (χ1v) is 8.44. The van der Waals surface area contributed by atoms with Crippen molar-refractivity contribution in [2.24, 2.45) is 0 Å². The SMILES string of the molecule is CCCNC(Cc1ccc(Br)cn1)c1ccc(CC)cc1. The van der Waals surface area contributed by atoms with Crippen LogP contribution in [-0.4, -0.2) is 11.5 Å². The van der Waals surface area contributed by atoms with Crippen LogP contribution in [0.3, 0.4) is 0 Å². The molecule has 0 radical (unpaired) electrons. The van der Waals surface area contributed by atoms with Crippen molar-refractivity contribution in [3.8, 4) is 0 Å². The number of aromatic nitrogens is 1. The number of pyridine rings is 1. The Morgan fingerprint density at radius 1 is 1.10 bits per heavy atom. The molecule has 112 valence electrons. The minimum atomic E-state index is 0.324. The molecule has 1 aromatic heterocycles. The van der Waals surface area contributed by atoms with Crippen LogP contribution in [0.4, 0.5) is 0 Å². The first-order valence-electron chi connectivity index (χ1n) is 7.65. The van der Waals surface area contributed by atoms with Crippen LogP contribution < -0.4 is 5.32 Å². The average molecular weight is 347 g/mol. The molecule has 0 spiro atoms. The van der Waals surface area contributed by atoms with Gasteiger partial charge in [0.25, 0.3) is 0 Å². The highest BCUT2D eigenvalue weighted by molar-refractivity contribution is 9.10. The Morgan fingerprint density at radius 3 is 2.43 bits per heavy atom. The monoisotopic (exact) mass is 346 g/mol. The predicted molar refractivity (Wildman–Crippen MR) is 92.5 cm³/mol. The molecular formula is C18H23BrN2. The number of hydrogen-bond donors (Lipinski definition) is 1. The summed E-state index contributed by atoms with van der Waals surface area (Å²) >= 11 is 3.44. The van der Waals surface area contributed by atoms with Gasteiger partial charge in [0, 0.05) is 28.8 Å². The standard InChI is InChI=1S/C18H23BrN2/c1-3-11-20-18(12-17-10-9-16(19)13-21-17)15-7-5-14(4-2)6-8-15/h5-10,13,18,20H,3-4,11-12H2,1-2H3. The molecule has 0 amide bonds. The summed E-state index contributed by atoms with van der Waals surface area (Å²) in [6.45, 7) is 5.41. The molecule has 1 atom stereocenters. The van der Waals surface area contributed by atoms with E-state index in [0.29, 0.717) is 6.04 Å². The Labute approximate surface area is 136 Å². The van der Waals surface area contributed by atoms with Gasteiger partial charge in [0.1, 0.15) is 0 Å². The molecule has 1 unspecified atom stereocenters.